The molecule has 0 aromatic heterocycles. The van der Waals surface area contributed by atoms with Gasteiger partial charge in [-0.3, -0.25) is 9.52 Å². The second kappa shape index (κ2) is 6.97. The lowest BCUT2D eigenvalue weighted by Crippen LogP contribution is -2.14. The maximum atomic E-state index is 12.3. The van der Waals surface area contributed by atoms with Crippen molar-refractivity contribution in [2.24, 2.45) is 0 Å². The summed E-state index contributed by atoms with van der Waals surface area (Å²) in [6.45, 7) is 0. The Hall–Kier alpha value is -1.47. The maximum Gasteiger partial charge on any atom is 0.257 e. The molecule has 2 N–H and O–H groups in total. The number of hydrogen-bond acceptors (Lipinski definition) is 3. The standard InChI is InChI=1S/C14H11Cl3N2O3S/c1-23(21,22)19-9-3-4-11(16)10(7-9)14(20)18-13-5-2-8(15)6-12(13)17/h2-7,19H,1H3,(H,18,20). The second-order valence-electron chi connectivity index (χ2n) is 4.65. The van der Waals surface area contributed by atoms with Crippen LogP contribution in [0.1, 0.15) is 10.4 Å². The Morgan fingerprint density at radius 3 is 2.30 bits per heavy atom. The van der Waals surface area contributed by atoms with Gasteiger partial charge in [-0.15, -0.1) is 0 Å². The SMILES string of the molecule is CS(=O)(=O)Nc1ccc(Cl)c(C(=O)Nc2ccc(Cl)cc2Cl)c1. The zero-order valence-electron chi connectivity index (χ0n) is 11.7. The molecule has 0 spiro atoms. The van der Waals surface area contributed by atoms with Gasteiger partial charge in [0.15, 0.2) is 0 Å². The fourth-order valence-electron chi connectivity index (χ4n) is 1.76. The second-order valence-corrected chi connectivity index (χ2v) is 7.65. The van der Waals surface area contributed by atoms with Crippen LogP contribution in [0.2, 0.25) is 15.1 Å². The number of hydrogen-bond donors (Lipinski definition) is 2. The zero-order chi connectivity index (χ0) is 17.2. The number of amides is 1. The summed E-state index contributed by atoms with van der Waals surface area (Å²) in [5.41, 5.74) is 0.689. The van der Waals surface area contributed by atoms with E-state index >= 15 is 0 Å². The first-order valence-electron chi connectivity index (χ1n) is 6.19. The lowest BCUT2D eigenvalue weighted by Gasteiger charge is -2.11. The van der Waals surface area contributed by atoms with E-state index in [1.807, 2.05) is 0 Å². The van der Waals surface area contributed by atoms with Gasteiger partial charge in [0.2, 0.25) is 10.0 Å². The lowest BCUT2D eigenvalue weighted by molar-refractivity contribution is 0.102. The van der Waals surface area contributed by atoms with Crippen molar-refractivity contribution in [3.05, 3.63) is 57.0 Å². The van der Waals surface area contributed by atoms with Crippen molar-refractivity contribution in [2.75, 3.05) is 16.3 Å². The molecule has 0 saturated heterocycles. The van der Waals surface area contributed by atoms with Crippen LogP contribution < -0.4 is 10.0 Å². The Morgan fingerprint density at radius 1 is 1.00 bits per heavy atom. The van der Waals surface area contributed by atoms with E-state index in [-0.39, 0.29) is 21.3 Å². The van der Waals surface area contributed by atoms with Crippen molar-refractivity contribution in [1.82, 2.24) is 0 Å². The molecule has 0 bridgehead atoms. The summed E-state index contributed by atoms with van der Waals surface area (Å²) in [4.78, 5) is 12.3. The van der Waals surface area contributed by atoms with Gasteiger partial charge in [0, 0.05) is 10.7 Å². The highest BCUT2D eigenvalue weighted by Crippen LogP contribution is 2.27. The molecule has 2 aromatic rings. The zero-order valence-corrected chi connectivity index (χ0v) is 14.8. The quantitative estimate of drug-likeness (QED) is 0.814. The Kier molecular flexibility index (Phi) is 5.41. The summed E-state index contributed by atoms with van der Waals surface area (Å²) < 4.78 is 24.8. The van der Waals surface area contributed by atoms with E-state index in [1.165, 1.54) is 24.3 Å². The number of anilines is 2. The first-order valence-corrected chi connectivity index (χ1v) is 9.22. The van der Waals surface area contributed by atoms with Crippen LogP contribution >= 0.6 is 34.8 Å². The molecule has 0 heterocycles. The van der Waals surface area contributed by atoms with Gasteiger partial charge in [-0.05, 0) is 36.4 Å². The molecule has 0 radical (unpaired) electrons. The minimum atomic E-state index is -3.46. The van der Waals surface area contributed by atoms with Gasteiger partial charge in [0.1, 0.15) is 0 Å². The van der Waals surface area contributed by atoms with Gasteiger partial charge in [0.05, 0.1) is 27.6 Å². The molecule has 122 valence electrons. The van der Waals surface area contributed by atoms with Crippen molar-refractivity contribution in [3.63, 3.8) is 0 Å². The Balaban J connectivity index is 2.29. The number of sulfonamides is 1. The van der Waals surface area contributed by atoms with E-state index in [0.717, 1.165) is 6.26 Å². The molecule has 9 heteroatoms. The molecule has 0 unspecified atom stereocenters. The molecule has 0 atom stereocenters. The van der Waals surface area contributed by atoms with Crippen LogP contribution in [0.4, 0.5) is 11.4 Å². The number of benzene rings is 2. The third-order valence-electron chi connectivity index (χ3n) is 2.69. The van der Waals surface area contributed by atoms with E-state index in [1.54, 1.807) is 12.1 Å². The molecule has 0 saturated carbocycles. The summed E-state index contributed by atoms with van der Waals surface area (Å²) >= 11 is 17.8. The van der Waals surface area contributed by atoms with E-state index in [9.17, 15) is 13.2 Å². The third-order valence-corrected chi connectivity index (χ3v) is 4.18. The van der Waals surface area contributed by atoms with Crippen LogP contribution in [0.15, 0.2) is 36.4 Å². The molecular weight excluding hydrogens is 383 g/mol. The number of halogens is 3. The smallest absolute Gasteiger partial charge is 0.257 e. The predicted octanol–water partition coefficient (Wildman–Crippen LogP) is 4.27. The fraction of sp³-hybridized carbons (Fsp3) is 0.0714. The Morgan fingerprint density at radius 2 is 1.70 bits per heavy atom. The first kappa shape index (κ1) is 17.9. The van der Waals surface area contributed by atoms with Gasteiger partial charge < -0.3 is 5.32 Å². The van der Waals surface area contributed by atoms with Gasteiger partial charge in [0.25, 0.3) is 5.91 Å². The van der Waals surface area contributed by atoms with E-state index in [2.05, 4.69) is 10.0 Å². The molecule has 2 aromatic carbocycles. The highest BCUT2D eigenvalue weighted by molar-refractivity contribution is 7.92. The molecule has 0 aliphatic heterocycles. The van der Waals surface area contributed by atoms with Crippen LogP contribution in [0.5, 0.6) is 0 Å². The van der Waals surface area contributed by atoms with Crippen molar-refractivity contribution in [1.29, 1.82) is 0 Å². The maximum absolute atomic E-state index is 12.3. The molecule has 0 aliphatic carbocycles. The Labute approximate surface area is 148 Å². The van der Waals surface area contributed by atoms with E-state index in [4.69, 9.17) is 34.8 Å². The van der Waals surface area contributed by atoms with Crippen molar-refractivity contribution in [3.8, 4) is 0 Å². The van der Waals surface area contributed by atoms with Crippen LogP contribution in [0, 0.1) is 0 Å². The van der Waals surface area contributed by atoms with Crippen LogP contribution in [0.25, 0.3) is 0 Å². The van der Waals surface area contributed by atoms with Crippen molar-refractivity contribution in [2.45, 2.75) is 0 Å². The van der Waals surface area contributed by atoms with E-state index < -0.39 is 15.9 Å². The highest BCUT2D eigenvalue weighted by atomic mass is 35.5. The normalized spacial score (nSPS) is 11.1. The van der Waals surface area contributed by atoms with Gasteiger partial charge >= 0.3 is 0 Å². The predicted molar refractivity (Wildman–Crippen MR) is 94.3 cm³/mol. The van der Waals surface area contributed by atoms with Gasteiger partial charge in [-0.2, -0.15) is 0 Å². The summed E-state index contributed by atoms with van der Waals surface area (Å²) in [5, 5.41) is 3.47. The summed E-state index contributed by atoms with van der Waals surface area (Å²) in [6, 6.07) is 8.83. The molecule has 23 heavy (non-hydrogen) atoms. The summed E-state index contributed by atoms with van der Waals surface area (Å²) in [7, 11) is -3.46. The molecule has 0 aliphatic rings. The fourth-order valence-corrected chi connectivity index (χ4v) is 2.97. The minimum absolute atomic E-state index is 0.103. The summed E-state index contributed by atoms with van der Waals surface area (Å²) in [6.07, 6.45) is 1.01. The van der Waals surface area contributed by atoms with Gasteiger partial charge in [-0.1, -0.05) is 34.8 Å². The Bertz CT molecular complexity index is 870. The average Bonchev–Trinajstić information content (AvgIpc) is 2.42. The van der Waals surface area contributed by atoms with Gasteiger partial charge in [-0.25, -0.2) is 8.42 Å². The van der Waals surface area contributed by atoms with Crippen molar-refractivity contribution < 1.29 is 13.2 Å². The number of rotatable bonds is 4. The average molecular weight is 394 g/mol. The highest BCUT2D eigenvalue weighted by Gasteiger charge is 2.14. The molecular formula is C14H11Cl3N2O3S. The molecule has 0 fully saturated rings. The van der Waals surface area contributed by atoms with Crippen LogP contribution in [0.3, 0.4) is 0 Å². The monoisotopic (exact) mass is 392 g/mol. The largest absolute Gasteiger partial charge is 0.321 e. The lowest BCUT2D eigenvalue weighted by atomic mass is 10.2. The topological polar surface area (TPSA) is 75.3 Å². The third kappa shape index (κ3) is 5.00. The van der Waals surface area contributed by atoms with Crippen molar-refractivity contribution >= 4 is 62.1 Å². The molecule has 2 rings (SSSR count). The number of carbonyl (C=O) groups is 1. The molecule has 1 amide bonds. The first-order chi connectivity index (χ1) is 10.7. The van der Waals surface area contributed by atoms with Crippen LogP contribution in [-0.2, 0) is 10.0 Å². The van der Waals surface area contributed by atoms with E-state index in [0.29, 0.717) is 10.7 Å². The number of carbonyl (C=O) groups excluding carboxylic acids is 1. The minimum Gasteiger partial charge on any atom is -0.321 e. The van der Waals surface area contributed by atoms with Crippen LogP contribution in [-0.4, -0.2) is 20.6 Å². The molecule has 5 nitrogen and oxygen atoms in total. The summed E-state index contributed by atoms with van der Waals surface area (Å²) in [5.74, 6) is -0.531. The number of nitrogens with one attached hydrogen (secondary N) is 2.